The molecule has 0 spiro atoms. The molecule has 5 nitrogen and oxygen atoms in total. The fraction of sp³-hybridized carbons (Fsp3) is 0.667. The van der Waals surface area contributed by atoms with Gasteiger partial charge in [-0.15, -0.1) is 0 Å². The summed E-state index contributed by atoms with van der Waals surface area (Å²) in [5, 5.41) is 18.1. The molecular weight excluding hydrogens is 182 g/mol. The lowest BCUT2D eigenvalue weighted by Crippen LogP contribution is -2.21. The number of aliphatic hydroxyl groups excluding tert-OH is 2. The summed E-state index contributed by atoms with van der Waals surface area (Å²) in [5.41, 5.74) is 0. The van der Waals surface area contributed by atoms with Crippen LogP contribution in [0.15, 0.2) is 12.5 Å². The summed E-state index contributed by atoms with van der Waals surface area (Å²) in [6.07, 6.45) is 4.19. The molecular formula is C9H15N3O2. The molecule has 0 saturated carbocycles. The number of hydrogen-bond donors (Lipinski definition) is 2. The molecule has 78 valence electrons. The van der Waals surface area contributed by atoms with Gasteiger partial charge in [-0.2, -0.15) is 0 Å². The molecule has 0 aliphatic carbocycles. The van der Waals surface area contributed by atoms with Gasteiger partial charge in [0.05, 0.1) is 19.0 Å². The molecule has 1 unspecified atom stereocenters. The molecule has 2 N–H and O–H groups in total. The van der Waals surface area contributed by atoms with Crippen LogP contribution >= 0.6 is 0 Å². The molecule has 5 heteroatoms. The van der Waals surface area contributed by atoms with Gasteiger partial charge < -0.3 is 19.7 Å². The van der Waals surface area contributed by atoms with Gasteiger partial charge in [-0.1, -0.05) is 0 Å². The molecule has 1 saturated heterocycles. The molecule has 1 aliphatic rings. The number of hydrogen-bond acceptors (Lipinski definition) is 4. The third kappa shape index (κ3) is 1.88. The van der Waals surface area contributed by atoms with Gasteiger partial charge in [-0.05, 0) is 6.42 Å². The quantitative estimate of drug-likeness (QED) is 0.682. The predicted molar refractivity (Wildman–Crippen MR) is 52.1 cm³/mol. The fourth-order valence-corrected chi connectivity index (χ4v) is 1.70. The molecule has 1 aromatic rings. The molecule has 0 radical (unpaired) electrons. The van der Waals surface area contributed by atoms with E-state index < -0.39 is 0 Å². The third-order valence-electron chi connectivity index (χ3n) is 2.47. The monoisotopic (exact) mass is 197 g/mol. The first kappa shape index (κ1) is 9.48. The molecule has 2 rings (SSSR count). The van der Waals surface area contributed by atoms with Crippen LogP contribution in [0.5, 0.6) is 0 Å². The molecule has 1 atom stereocenters. The zero-order valence-electron chi connectivity index (χ0n) is 8.00. The van der Waals surface area contributed by atoms with Crippen molar-refractivity contribution in [3.63, 3.8) is 0 Å². The van der Waals surface area contributed by atoms with Crippen molar-refractivity contribution >= 4 is 5.82 Å². The summed E-state index contributed by atoms with van der Waals surface area (Å²) in [4.78, 5) is 6.27. The average molecular weight is 197 g/mol. The highest BCUT2D eigenvalue weighted by Crippen LogP contribution is 2.17. The van der Waals surface area contributed by atoms with Crippen molar-refractivity contribution in [3.05, 3.63) is 12.5 Å². The average Bonchev–Trinajstić information content (AvgIpc) is 2.74. The summed E-state index contributed by atoms with van der Waals surface area (Å²) < 4.78 is 1.85. The van der Waals surface area contributed by atoms with Gasteiger partial charge in [0.1, 0.15) is 5.82 Å². The minimum absolute atomic E-state index is 0.123. The number of nitrogens with zero attached hydrogens (tertiary/aromatic N) is 3. The van der Waals surface area contributed by atoms with E-state index >= 15 is 0 Å². The Morgan fingerprint density at radius 3 is 3.07 bits per heavy atom. The van der Waals surface area contributed by atoms with Crippen LogP contribution in [0.3, 0.4) is 0 Å². The first-order chi connectivity index (χ1) is 6.79. The van der Waals surface area contributed by atoms with Crippen LogP contribution in [0.2, 0.25) is 0 Å². The number of aliphatic hydroxyl groups is 2. The third-order valence-corrected chi connectivity index (χ3v) is 2.47. The minimum atomic E-state index is -0.224. The first-order valence-corrected chi connectivity index (χ1v) is 4.85. The number of β-amino-alcohol motifs (C(OH)–C–C–N with tert-alkyl or cyclic N) is 1. The van der Waals surface area contributed by atoms with Crippen molar-refractivity contribution in [1.29, 1.82) is 0 Å². The second kappa shape index (κ2) is 3.98. The highest BCUT2D eigenvalue weighted by atomic mass is 16.3. The Balaban J connectivity index is 2.02. The molecule has 0 bridgehead atoms. The van der Waals surface area contributed by atoms with Gasteiger partial charge in [0.2, 0.25) is 0 Å². The van der Waals surface area contributed by atoms with Gasteiger partial charge in [0, 0.05) is 25.8 Å². The molecule has 1 fully saturated rings. The largest absolute Gasteiger partial charge is 0.395 e. The molecule has 1 aromatic heterocycles. The maximum atomic E-state index is 9.35. The zero-order valence-corrected chi connectivity index (χ0v) is 8.00. The molecule has 2 heterocycles. The van der Waals surface area contributed by atoms with Crippen molar-refractivity contribution in [3.8, 4) is 0 Å². The smallest absolute Gasteiger partial charge is 0.146 e. The second-order valence-electron chi connectivity index (χ2n) is 3.58. The van der Waals surface area contributed by atoms with Crippen molar-refractivity contribution < 1.29 is 10.2 Å². The van der Waals surface area contributed by atoms with E-state index in [1.54, 1.807) is 6.33 Å². The van der Waals surface area contributed by atoms with Gasteiger partial charge in [-0.3, -0.25) is 0 Å². The van der Waals surface area contributed by atoms with Crippen LogP contribution in [0.1, 0.15) is 6.42 Å². The van der Waals surface area contributed by atoms with Gasteiger partial charge in [-0.25, -0.2) is 4.98 Å². The minimum Gasteiger partial charge on any atom is -0.395 e. The maximum Gasteiger partial charge on any atom is 0.146 e. The van der Waals surface area contributed by atoms with Gasteiger partial charge in [0.15, 0.2) is 0 Å². The first-order valence-electron chi connectivity index (χ1n) is 4.85. The van der Waals surface area contributed by atoms with Crippen LogP contribution in [0, 0.1) is 0 Å². The second-order valence-corrected chi connectivity index (χ2v) is 3.58. The van der Waals surface area contributed by atoms with Gasteiger partial charge >= 0.3 is 0 Å². The summed E-state index contributed by atoms with van der Waals surface area (Å²) in [6.45, 7) is 2.22. The van der Waals surface area contributed by atoms with E-state index in [0.29, 0.717) is 13.1 Å². The van der Waals surface area contributed by atoms with Crippen molar-refractivity contribution in [2.45, 2.75) is 19.1 Å². The van der Waals surface area contributed by atoms with Crippen molar-refractivity contribution in [2.24, 2.45) is 0 Å². The molecule has 1 aliphatic heterocycles. The summed E-state index contributed by atoms with van der Waals surface area (Å²) >= 11 is 0. The van der Waals surface area contributed by atoms with Crippen LogP contribution in [-0.2, 0) is 6.54 Å². The van der Waals surface area contributed by atoms with Crippen LogP contribution in [-0.4, -0.2) is 45.6 Å². The lowest BCUT2D eigenvalue weighted by atomic mass is 10.3. The topological polar surface area (TPSA) is 61.5 Å². The lowest BCUT2D eigenvalue weighted by Gasteiger charge is -2.13. The molecule has 0 amide bonds. The zero-order chi connectivity index (χ0) is 9.97. The Morgan fingerprint density at radius 2 is 2.43 bits per heavy atom. The Kier molecular flexibility index (Phi) is 2.69. The van der Waals surface area contributed by atoms with E-state index in [2.05, 4.69) is 9.88 Å². The van der Waals surface area contributed by atoms with Crippen LogP contribution in [0.25, 0.3) is 0 Å². The van der Waals surface area contributed by atoms with E-state index in [4.69, 9.17) is 5.11 Å². The highest BCUT2D eigenvalue weighted by molar-refractivity contribution is 5.37. The van der Waals surface area contributed by atoms with E-state index in [1.165, 1.54) is 0 Å². The Morgan fingerprint density at radius 1 is 1.57 bits per heavy atom. The SMILES string of the molecule is OCCn1cnc(N2CCC(O)C2)c1. The van der Waals surface area contributed by atoms with Gasteiger partial charge in [0.25, 0.3) is 0 Å². The number of imidazole rings is 1. The summed E-state index contributed by atoms with van der Waals surface area (Å²) in [6, 6.07) is 0. The normalized spacial score (nSPS) is 21.9. The Bertz CT molecular complexity index is 300. The van der Waals surface area contributed by atoms with Crippen LogP contribution in [0.4, 0.5) is 5.82 Å². The predicted octanol–water partition coefficient (Wildman–Crippen LogP) is -0.554. The number of rotatable bonds is 3. The van der Waals surface area contributed by atoms with E-state index in [9.17, 15) is 5.11 Å². The standard InChI is InChI=1S/C9H15N3O2/c13-4-3-11-6-9(10-7-11)12-2-1-8(14)5-12/h6-8,13-14H,1-5H2. The Labute approximate surface area is 82.6 Å². The number of anilines is 1. The highest BCUT2D eigenvalue weighted by Gasteiger charge is 2.21. The van der Waals surface area contributed by atoms with E-state index in [0.717, 1.165) is 18.8 Å². The molecule has 0 aromatic carbocycles. The van der Waals surface area contributed by atoms with Crippen molar-refractivity contribution in [2.75, 3.05) is 24.6 Å². The van der Waals surface area contributed by atoms with E-state index in [1.807, 2.05) is 10.8 Å². The maximum absolute atomic E-state index is 9.35. The summed E-state index contributed by atoms with van der Waals surface area (Å²) in [5.74, 6) is 0.884. The fourth-order valence-electron chi connectivity index (χ4n) is 1.70. The van der Waals surface area contributed by atoms with E-state index in [-0.39, 0.29) is 12.7 Å². The Hall–Kier alpha value is -1.07. The summed E-state index contributed by atoms with van der Waals surface area (Å²) in [7, 11) is 0. The van der Waals surface area contributed by atoms with Crippen LogP contribution < -0.4 is 4.90 Å². The number of aromatic nitrogens is 2. The lowest BCUT2D eigenvalue weighted by molar-refractivity contribution is 0.198. The molecule has 14 heavy (non-hydrogen) atoms. The van der Waals surface area contributed by atoms with Crippen molar-refractivity contribution in [1.82, 2.24) is 9.55 Å².